The van der Waals surface area contributed by atoms with Crippen LogP contribution in [0.25, 0.3) is 0 Å². The third kappa shape index (κ3) is 4.53. The van der Waals surface area contributed by atoms with Gasteiger partial charge in [0.15, 0.2) is 0 Å². The molecule has 1 unspecified atom stereocenters. The Balaban J connectivity index is 3.12. The van der Waals surface area contributed by atoms with E-state index in [1.54, 1.807) is 6.92 Å². The predicted molar refractivity (Wildman–Crippen MR) is 70.5 cm³/mol. The number of nitrogens with one attached hydrogen (secondary N) is 1. The van der Waals surface area contributed by atoms with Gasteiger partial charge in [-0.3, -0.25) is 0 Å². The number of benzene rings is 1. The summed E-state index contributed by atoms with van der Waals surface area (Å²) in [5.74, 6) is 4.81. The summed E-state index contributed by atoms with van der Waals surface area (Å²) >= 11 is 0. The van der Waals surface area contributed by atoms with Crippen molar-refractivity contribution in [1.82, 2.24) is 5.32 Å². The molecule has 0 saturated carbocycles. The Bertz CT molecular complexity index is 497. The predicted octanol–water partition coefficient (Wildman–Crippen LogP) is 4.30. The summed E-state index contributed by atoms with van der Waals surface area (Å²) in [5, 5.41) is 3.03. The molecule has 5 heteroatoms. The van der Waals surface area contributed by atoms with Crippen molar-refractivity contribution in [3.8, 4) is 11.8 Å². The van der Waals surface area contributed by atoms with Crippen LogP contribution < -0.4 is 5.32 Å². The molecule has 0 heterocycles. The van der Waals surface area contributed by atoms with E-state index in [0.29, 0.717) is 6.54 Å². The van der Waals surface area contributed by atoms with Crippen molar-refractivity contribution in [3.05, 3.63) is 35.1 Å². The molecule has 1 aromatic carbocycles. The van der Waals surface area contributed by atoms with Crippen molar-refractivity contribution in [2.45, 2.75) is 38.9 Å². The third-order valence-electron chi connectivity index (χ3n) is 2.82. The average molecular weight is 287 g/mol. The average Bonchev–Trinajstić information content (AvgIpc) is 2.39. The molecule has 0 aliphatic heterocycles. The van der Waals surface area contributed by atoms with Crippen molar-refractivity contribution >= 4 is 0 Å². The normalized spacial score (nSPS) is 12.7. The molecule has 0 amide bonds. The van der Waals surface area contributed by atoms with Crippen LogP contribution in [0.3, 0.4) is 0 Å². The molecule has 1 aromatic rings. The summed E-state index contributed by atoms with van der Waals surface area (Å²) in [6, 6.07) is 1.93. The molecular formula is C15H17F4N. The highest BCUT2D eigenvalue weighted by Crippen LogP contribution is 2.32. The van der Waals surface area contributed by atoms with Crippen molar-refractivity contribution in [3.63, 3.8) is 0 Å². The summed E-state index contributed by atoms with van der Waals surface area (Å²) < 4.78 is 51.9. The molecule has 0 fully saturated rings. The monoisotopic (exact) mass is 287 g/mol. The second-order valence-electron chi connectivity index (χ2n) is 4.37. The van der Waals surface area contributed by atoms with Gasteiger partial charge in [0, 0.05) is 18.0 Å². The van der Waals surface area contributed by atoms with Gasteiger partial charge in [0.1, 0.15) is 5.82 Å². The van der Waals surface area contributed by atoms with E-state index in [2.05, 4.69) is 17.2 Å². The molecule has 20 heavy (non-hydrogen) atoms. The van der Waals surface area contributed by atoms with Gasteiger partial charge >= 0.3 is 6.18 Å². The van der Waals surface area contributed by atoms with Gasteiger partial charge in [-0.1, -0.05) is 6.92 Å². The largest absolute Gasteiger partial charge is 0.416 e. The van der Waals surface area contributed by atoms with Crippen LogP contribution in [-0.4, -0.2) is 6.54 Å². The molecule has 0 radical (unpaired) electrons. The SMILES string of the molecule is CC#CCC(NCCC)c1cc(C(F)(F)F)ccc1F. The minimum Gasteiger partial charge on any atom is -0.309 e. The van der Waals surface area contributed by atoms with E-state index in [-0.39, 0.29) is 12.0 Å². The van der Waals surface area contributed by atoms with Crippen molar-refractivity contribution in [2.24, 2.45) is 0 Å². The summed E-state index contributed by atoms with van der Waals surface area (Å²) in [6.45, 7) is 4.16. The second-order valence-corrected chi connectivity index (χ2v) is 4.37. The van der Waals surface area contributed by atoms with E-state index in [4.69, 9.17) is 0 Å². The highest BCUT2D eigenvalue weighted by molar-refractivity contribution is 5.30. The Morgan fingerprint density at radius 2 is 2.00 bits per heavy atom. The molecule has 110 valence electrons. The highest BCUT2D eigenvalue weighted by atomic mass is 19.4. The first-order chi connectivity index (χ1) is 9.40. The fourth-order valence-electron chi connectivity index (χ4n) is 1.80. The number of halogens is 4. The maximum atomic E-state index is 13.8. The molecule has 0 bridgehead atoms. The molecule has 0 aliphatic rings. The first-order valence-corrected chi connectivity index (χ1v) is 6.39. The summed E-state index contributed by atoms with van der Waals surface area (Å²) in [7, 11) is 0. The summed E-state index contributed by atoms with van der Waals surface area (Å²) in [6.07, 6.45) is -3.40. The molecule has 1 rings (SSSR count). The lowest BCUT2D eigenvalue weighted by molar-refractivity contribution is -0.137. The zero-order valence-corrected chi connectivity index (χ0v) is 11.4. The standard InChI is InChI=1S/C15H17F4N/c1-3-5-6-14(20-9-4-2)12-10-11(15(17,18)19)7-8-13(12)16/h7-8,10,14,20H,4,6,9H2,1-2H3. The first kappa shape index (κ1) is 16.5. The quantitative estimate of drug-likeness (QED) is 0.629. The lowest BCUT2D eigenvalue weighted by Gasteiger charge is -2.19. The highest BCUT2D eigenvalue weighted by Gasteiger charge is 2.31. The zero-order valence-electron chi connectivity index (χ0n) is 11.4. The van der Waals surface area contributed by atoms with Crippen LogP contribution in [0.1, 0.15) is 43.9 Å². The van der Waals surface area contributed by atoms with Crippen molar-refractivity contribution in [1.29, 1.82) is 0 Å². The van der Waals surface area contributed by atoms with Crippen molar-refractivity contribution in [2.75, 3.05) is 6.54 Å². The Hall–Kier alpha value is -1.54. The molecule has 1 nitrogen and oxygen atoms in total. The Morgan fingerprint density at radius 1 is 1.30 bits per heavy atom. The van der Waals surface area contributed by atoms with Crippen LogP contribution in [0.4, 0.5) is 17.6 Å². The lowest BCUT2D eigenvalue weighted by atomic mass is 10.00. The lowest BCUT2D eigenvalue weighted by Crippen LogP contribution is -2.23. The molecule has 0 aromatic heterocycles. The molecule has 0 aliphatic carbocycles. The molecule has 0 spiro atoms. The minimum atomic E-state index is -4.48. The van der Waals surface area contributed by atoms with Gasteiger partial charge in [0.05, 0.1) is 5.56 Å². The van der Waals surface area contributed by atoms with E-state index in [0.717, 1.165) is 24.6 Å². The second kappa shape index (κ2) is 7.30. The molecular weight excluding hydrogens is 270 g/mol. The zero-order chi connectivity index (χ0) is 15.2. The van der Waals surface area contributed by atoms with Gasteiger partial charge in [-0.05, 0) is 38.1 Å². The van der Waals surface area contributed by atoms with Crippen LogP contribution in [-0.2, 0) is 6.18 Å². The summed E-state index contributed by atoms with van der Waals surface area (Å²) in [4.78, 5) is 0. The minimum absolute atomic E-state index is 0.0102. The summed E-state index contributed by atoms with van der Waals surface area (Å²) in [5.41, 5.74) is -0.835. The Morgan fingerprint density at radius 3 is 2.55 bits per heavy atom. The van der Waals surface area contributed by atoms with Crippen LogP contribution in [0.5, 0.6) is 0 Å². The fraction of sp³-hybridized carbons (Fsp3) is 0.467. The van der Waals surface area contributed by atoms with Gasteiger partial charge in [-0.15, -0.1) is 11.8 Å². The van der Waals surface area contributed by atoms with Gasteiger partial charge in [0.2, 0.25) is 0 Å². The van der Waals surface area contributed by atoms with Crippen LogP contribution >= 0.6 is 0 Å². The Labute approximate surface area is 116 Å². The Kier molecular flexibility index (Phi) is 6.03. The van der Waals surface area contributed by atoms with Crippen molar-refractivity contribution < 1.29 is 17.6 Å². The maximum Gasteiger partial charge on any atom is 0.416 e. The number of hydrogen-bond acceptors (Lipinski definition) is 1. The fourth-order valence-corrected chi connectivity index (χ4v) is 1.80. The van der Waals surface area contributed by atoms with E-state index >= 15 is 0 Å². The van der Waals surface area contributed by atoms with Crippen LogP contribution in [0.2, 0.25) is 0 Å². The third-order valence-corrected chi connectivity index (χ3v) is 2.82. The van der Waals surface area contributed by atoms with Gasteiger partial charge < -0.3 is 5.32 Å². The number of rotatable bonds is 5. The van der Waals surface area contributed by atoms with Crippen LogP contribution in [0.15, 0.2) is 18.2 Å². The number of alkyl halides is 3. The first-order valence-electron chi connectivity index (χ1n) is 6.39. The van der Waals surface area contributed by atoms with E-state index in [1.165, 1.54) is 0 Å². The van der Waals surface area contributed by atoms with E-state index in [9.17, 15) is 17.6 Å². The maximum absolute atomic E-state index is 13.8. The van der Waals surface area contributed by atoms with E-state index in [1.807, 2.05) is 6.92 Å². The number of hydrogen-bond donors (Lipinski definition) is 1. The smallest absolute Gasteiger partial charge is 0.309 e. The van der Waals surface area contributed by atoms with E-state index < -0.39 is 23.6 Å². The van der Waals surface area contributed by atoms with Gasteiger partial charge in [0.25, 0.3) is 0 Å². The van der Waals surface area contributed by atoms with Gasteiger partial charge in [-0.25, -0.2) is 4.39 Å². The molecule has 1 atom stereocenters. The topological polar surface area (TPSA) is 12.0 Å². The molecule has 0 saturated heterocycles. The van der Waals surface area contributed by atoms with Crippen LogP contribution in [0, 0.1) is 17.7 Å². The van der Waals surface area contributed by atoms with Gasteiger partial charge in [-0.2, -0.15) is 13.2 Å². The molecule has 1 N–H and O–H groups in total.